The summed E-state index contributed by atoms with van der Waals surface area (Å²) in [6, 6.07) is 0.674. The summed E-state index contributed by atoms with van der Waals surface area (Å²) in [6.07, 6.45) is 0.973. The maximum atomic E-state index is 15.1. The number of hydrogen-bond acceptors (Lipinski definition) is 4. The second-order valence-corrected chi connectivity index (χ2v) is 9.06. The Morgan fingerprint density at radius 2 is 1.97 bits per heavy atom. The third kappa shape index (κ3) is 3.57. The second kappa shape index (κ2) is 7.41. The number of aromatic nitrogens is 1. The topological polar surface area (TPSA) is 74.6 Å². The van der Waals surface area contributed by atoms with E-state index in [9.17, 15) is 23.5 Å². The summed E-state index contributed by atoms with van der Waals surface area (Å²) in [7, 11) is 0. The number of carboxylic acid groups (broad SMARTS) is 1. The van der Waals surface area contributed by atoms with Crippen molar-refractivity contribution in [2.45, 2.75) is 43.7 Å². The number of hydrogen-bond donors (Lipinski definition) is 2. The van der Waals surface area contributed by atoms with Crippen molar-refractivity contribution in [3.8, 4) is 0 Å². The van der Waals surface area contributed by atoms with Crippen LogP contribution in [0.2, 0.25) is 5.02 Å². The van der Waals surface area contributed by atoms with Gasteiger partial charge in [-0.15, -0.1) is 0 Å². The van der Waals surface area contributed by atoms with Crippen LogP contribution in [-0.4, -0.2) is 53.7 Å². The van der Waals surface area contributed by atoms with Crippen LogP contribution in [0.1, 0.15) is 35.7 Å². The van der Waals surface area contributed by atoms with Gasteiger partial charge in [0.1, 0.15) is 23.7 Å². The molecule has 2 aliphatic carbocycles. The van der Waals surface area contributed by atoms with Crippen molar-refractivity contribution in [2.75, 3.05) is 24.5 Å². The van der Waals surface area contributed by atoms with Gasteiger partial charge in [0.25, 0.3) is 0 Å². The van der Waals surface area contributed by atoms with Crippen molar-refractivity contribution in [3.63, 3.8) is 0 Å². The predicted octanol–water partition coefficient (Wildman–Crippen LogP) is 3.30. The molecule has 4 unspecified atom stereocenters. The number of benzene rings is 1. The van der Waals surface area contributed by atoms with E-state index in [2.05, 4.69) is 5.32 Å². The van der Waals surface area contributed by atoms with Crippen molar-refractivity contribution in [1.82, 2.24) is 9.88 Å². The molecular weight excluding hydrogens is 435 g/mol. The van der Waals surface area contributed by atoms with E-state index in [1.165, 1.54) is 9.47 Å². The van der Waals surface area contributed by atoms with Crippen molar-refractivity contribution in [2.24, 2.45) is 5.92 Å². The van der Waals surface area contributed by atoms with Crippen molar-refractivity contribution in [1.29, 1.82) is 0 Å². The molecule has 1 aromatic carbocycles. The first kappa shape index (κ1) is 20.6. The number of pyridine rings is 1. The molecule has 166 valence electrons. The van der Waals surface area contributed by atoms with Gasteiger partial charge in [-0.2, -0.15) is 0 Å². The Balaban J connectivity index is 1.59. The maximum Gasteiger partial charge on any atom is 0.341 e. The van der Waals surface area contributed by atoms with Gasteiger partial charge in [0, 0.05) is 44.2 Å². The van der Waals surface area contributed by atoms with Gasteiger partial charge in [-0.05, 0) is 18.9 Å². The van der Waals surface area contributed by atoms with Crippen molar-refractivity contribution < 1.29 is 23.1 Å². The highest BCUT2D eigenvalue weighted by Crippen LogP contribution is 2.44. The highest BCUT2D eigenvalue weighted by atomic mass is 35.5. The molecule has 31 heavy (non-hydrogen) atoms. The molecular formula is C21H21ClF3N3O3. The van der Waals surface area contributed by atoms with Crippen LogP contribution in [0.15, 0.2) is 17.1 Å². The fraction of sp³-hybridized carbons (Fsp3) is 0.524. The van der Waals surface area contributed by atoms with Crippen LogP contribution in [0, 0.1) is 11.7 Å². The fourth-order valence-electron chi connectivity index (χ4n) is 4.39. The van der Waals surface area contributed by atoms with Gasteiger partial charge in [0.15, 0.2) is 0 Å². The van der Waals surface area contributed by atoms with Gasteiger partial charge in [0.2, 0.25) is 5.43 Å². The molecule has 1 saturated heterocycles. The SMILES string of the molecule is O=C(O)c1cn(C2CC2F)c2c(Cl)c(N3CC(F)C(CNC4CC4)C3)c(F)cc2c1=O. The van der Waals surface area contributed by atoms with Gasteiger partial charge in [-0.3, -0.25) is 4.79 Å². The van der Waals surface area contributed by atoms with Gasteiger partial charge < -0.3 is 19.9 Å². The van der Waals surface area contributed by atoms with Crippen LogP contribution < -0.4 is 15.6 Å². The molecule has 6 nitrogen and oxygen atoms in total. The van der Waals surface area contributed by atoms with E-state index in [1.807, 2.05) is 0 Å². The number of nitrogens with zero attached hydrogens (tertiary/aromatic N) is 2. The van der Waals surface area contributed by atoms with E-state index in [1.54, 1.807) is 0 Å². The molecule has 0 bridgehead atoms. The summed E-state index contributed by atoms with van der Waals surface area (Å²) in [6.45, 7) is 0.675. The molecule has 10 heteroatoms. The summed E-state index contributed by atoms with van der Waals surface area (Å²) in [4.78, 5) is 25.6. The first-order chi connectivity index (χ1) is 14.8. The number of anilines is 1. The Morgan fingerprint density at radius 1 is 1.26 bits per heavy atom. The number of carboxylic acids is 1. The summed E-state index contributed by atoms with van der Waals surface area (Å²) >= 11 is 6.54. The summed E-state index contributed by atoms with van der Waals surface area (Å²) in [5.41, 5.74) is -1.43. The highest BCUT2D eigenvalue weighted by molar-refractivity contribution is 6.38. The number of fused-ring (bicyclic) bond motifs is 1. The fourth-order valence-corrected chi connectivity index (χ4v) is 4.80. The number of halogens is 4. The number of carbonyl (C=O) groups is 1. The van der Waals surface area contributed by atoms with Crippen molar-refractivity contribution >= 4 is 34.2 Å². The normalized spacial score (nSPS) is 27.8. The Bertz CT molecular complexity index is 1140. The molecule has 2 saturated carbocycles. The summed E-state index contributed by atoms with van der Waals surface area (Å²) in [5, 5.41) is 12.3. The zero-order valence-electron chi connectivity index (χ0n) is 16.5. The molecule has 1 aromatic heterocycles. The van der Waals surface area contributed by atoms with Crippen LogP contribution in [-0.2, 0) is 0 Å². The average molecular weight is 456 g/mol. The molecule has 1 aliphatic heterocycles. The number of rotatable bonds is 6. The van der Waals surface area contributed by atoms with Crippen LogP contribution in [0.5, 0.6) is 0 Å². The van der Waals surface area contributed by atoms with Gasteiger partial charge in [-0.25, -0.2) is 18.0 Å². The monoisotopic (exact) mass is 455 g/mol. The lowest BCUT2D eigenvalue weighted by Crippen LogP contribution is -2.30. The van der Waals surface area contributed by atoms with E-state index in [4.69, 9.17) is 11.6 Å². The first-order valence-electron chi connectivity index (χ1n) is 10.3. The standard InChI is InChI=1S/C21H21ClF3N3O3/c22-17-18-11(20(29)12(21(30)31)7-28(18)16-4-13(16)23)3-14(24)19(17)27-6-9(15(25)8-27)5-26-10-1-2-10/h3,7,9-10,13,15-16,26H,1-2,4-6,8H2,(H,30,31). The molecule has 0 amide bonds. The number of alkyl halides is 2. The minimum atomic E-state index is -1.48. The van der Waals surface area contributed by atoms with Crippen LogP contribution in [0.4, 0.5) is 18.9 Å². The van der Waals surface area contributed by atoms with Gasteiger partial charge in [-0.1, -0.05) is 11.6 Å². The lowest BCUT2D eigenvalue weighted by atomic mass is 10.1. The van der Waals surface area contributed by atoms with E-state index in [0.29, 0.717) is 12.6 Å². The smallest absolute Gasteiger partial charge is 0.341 e. The van der Waals surface area contributed by atoms with Crippen molar-refractivity contribution in [3.05, 3.63) is 38.9 Å². The molecule has 2 aromatic rings. The Hall–Kier alpha value is -2.26. The predicted molar refractivity (Wildman–Crippen MR) is 110 cm³/mol. The highest BCUT2D eigenvalue weighted by Gasteiger charge is 2.42. The molecule has 5 rings (SSSR count). The van der Waals surface area contributed by atoms with Gasteiger partial charge in [0.05, 0.1) is 27.7 Å². The van der Waals surface area contributed by atoms with Crippen LogP contribution in [0.3, 0.4) is 0 Å². The minimum absolute atomic E-state index is 0.0435. The number of nitrogens with one attached hydrogen (secondary N) is 1. The second-order valence-electron chi connectivity index (χ2n) is 8.68. The van der Waals surface area contributed by atoms with E-state index in [0.717, 1.165) is 25.1 Å². The lowest BCUT2D eigenvalue weighted by Gasteiger charge is -2.23. The van der Waals surface area contributed by atoms with E-state index in [-0.39, 0.29) is 47.0 Å². The van der Waals surface area contributed by atoms with E-state index >= 15 is 4.39 Å². The Kier molecular flexibility index (Phi) is 4.93. The Morgan fingerprint density at radius 3 is 2.58 bits per heavy atom. The molecule has 3 fully saturated rings. The lowest BCUT2D eigenvalue weighted by molar-refractivity contribution is 0.0694. The average Bonchev–Trinajstić information content (AvgIpc) is 3.62. The third-order valence-electron chi connectivity index (χ3n) is 6.38. The molecule has 0 spiro atoms. The Labute approximate surface area is 180 Å². The van der Waals surface area contributed by atoms with Crippen LogP contribution >= 0.6 is 11.6 Å². The largest absolute Gasteiger partial charge is 0.477 e. The summed E-state index contributed by atoms with van der Waals surface area (Å²) < 4.78 is 44.9. The zero-order valence-corrected chi connectivity index (χ0v) is 17.2. The first-order valence-corrected chi connectivity index (χ1v) is 10.7. The van der Waals surface area contributed by atoms with Crippen LogP contribution in [0.25, 0.3) is 10.9 Å². The zero-order chi connectivity index (χ0) is 22.0. The quantitative estimate of drug-likeness (QED) is 0.699. The molecule has 4 atom stereocenters. The molecule has 2 N–H and O–H groups in total. The molecule has 0 radical (unpaired) electrons. The molecule has 3 aliphatic rings. The van der Waals surface area contributed by atoms with Gasteiger partial charge >= 0.3 is 5.97 Å². The van der Waals surface area contributed by atoms with E-state index < -0.39 is 41.2 Å². The number of aromatic carboxylic acids is 1. The minimum Gasteiger partial charge on any atom is -0.477 e. The third-order valence-corrected chi connectivity index (χ3v) is 6.73. The maximum absolute atomic E-state index is 15.1. The summed E-state index contributed by atoms with van der Waals surface area (Å²) in [5.74, 6) is -2.65. The molecule has 2 heterocycles.